The number of ether oxygens (including phenoxy) is 2. The van der Waals surface area contributed by atoms with Gasteiger partial charge in [0, 0.05) is 16.5 Å². The lowest BCUT2D eigenvalue weighted by molar-refractivity contribution is -0.113. The van der Waals surface area contributed by atoms with Gasteiger partial charge < -0.3 is 20.1 Å². The number of benzene rings is 2. The molecular formula is C23H22N2O4S. The van der Waals surface area contributed by atoms with E-state index in [-0.39, 0.29) is 11.6 Å². The van der Waals surface area contributed by atoms with Crippen molar-refractivity contribution in [2.45, 2.75) is 6.92 Å². The van der Waals surface area contributed by atoms with E-state index in [1.54, 1.807) is 36.4 Å². The van der Waals surface area contributed by atoms with Crippen LogP contribution in [-0.2, 0) is 4.79 Å². The summed E-state index contributed by atoms with van der Waals surface area (Å²) in [6.07, 6.45) is 1.64. The summed E-state index contributed by atoms with van der Waals surface area (Å²) in [4.78, 5) is 26.6. The molecule has 0 saturated heterocycles. The Labute approximate surface area is 179 Å². The van der Waals surface area contributed by atoms with Gasteiger partial charge >= 0.3 is 0 Å². The number of anilines is 1. The lowest BCUT2D eigenvalue weighted by atomic mass is 10.1. The summed E-state index contributed by atoms with van der Waals surface area (Å²) in [7, 11) is 3.05. The van der Waals surface area contributed by atoms with Crippen molar-refractivity contribution in [3.63, 3.8) is 0 Å². The highest BCUT2D eigenvalue weighted by molar-refractivity contribution is 7.10. The molecule has 0 aliphatic rings. The van der Waals surface area contributed by atoms with Crippen LogP contribution in [0.25, 0.3) is 6.08 Å². The quantitative estimate of drug-likeness (QED) is 0.550. The van der Waals surface area contributed by atoms with E-state index in [0.29, 0.717) is 22.7 Å². The third-order valence-corrected chi connectivity index (χ3v) is 5.11. The molecule has 1 aromatic heterocycles. The van der Waals surface area contributed by atoms with Gasteiger partial charge in [-0.3, -0.25) is 9.59 Å². The maximum absolute atomic E-state index is 13.0. The van der Waals surface area contributed by atoms with E-state index >= 15 is 0 Å². The number of amides is 2. The average molecular weight is 423 g/mol. The highest BCUT2D eigenvalue weighted by atomic mass is 32.1. The first-order valence-corrected chi connectivity index (χ1v) is 10.0. The van der Waals surface area contributed by atoms with Crippen molar-refractivity contribution in [2.24, 2.45) is 0 Å². The van der Waals surface area contributed by atoms with Crippen molar-refractivity contribution in [2.75, 3.05) is 19.5 Å². The van der Waals surface area contributed by atoms with E-state index in [9.17, 15) is 9.59 Å². The first-order valence-electron chi connectivity index (χ1n) is 9.16. The Morgan fingerprint density at radius 1 is 1.00 bits per heavy atom. The number of methoxy groups -OCH3 is 2. The summed E-state index contributed by atoms with van der Waals surface area (Å²) in [5, 5.41) is 7.41. The average Bonchev–Trinajstić information content (AvgIpc) is 3.26. The SMILES string of the molecule is COc1ccc(OC)c(NC(=O)/C(=C/c2cccs2)NC(=O)c2ccc(C)cc2)c1. The fraction of sp³-hybridized carbons (Fsp3) is 0.130. The molecular weight excluding hydrogens is 400 g/mol. The van der Waals surface area contributed by atoms with Crippen LogP contribution >= 0.6 is 11.3 Å². The van der Waals surface area contributed by atoms with Crippen LogP contribution in [0.5, 0.6) is 11.5 Å². The molecule has 2 amide bonds. The molecule has 154 valence electrons. The molecule has 0 saturated carbocycles. The monoisotopic (exact) mass is 422 g/mol. The van der Waals surface area contributed by atoms with Crippen LogP contribution in [0.3, 0.4) is 0 Å². The number of aryl methyl sites for hydroxylation is 1. The van der Waals surface area contributed by atoms with Crippen LogP contribution in [0.15, 0.2) is 65.7 Å². The Morgan fingerprint density at radius 3 is 2.40 bits per heavy atom. The number of hydrogen-bond acceptors (Lipinski definition) is 5. The molecule has 0 radical (unpaired) electrons. The normalized spacial score (nSPS) is 11.0. The molecule has 7 heteroatoms. The molecule has 6 nitrogen and oxygen atoms in total. The Hall–Kier alpha value is -3.58. The number of nitrogens with one attached hydrogen (secondary N) is 2. The fourth-order valence-electron chi connectivity index (χ4n) is 2.67. The van der Waals surface area contributed by atoms with Gasteiger partial charge in [0.2, 0.25) is 0 Å². The van der Waals surface area contributed by atoms with Crippen LogP contribution in [-0.4, -0.2) is 26.0 Å². The zero-order valence-electron chi connectivity index (χ0n) is 16.9. The van der Waals surface area contributed by atoms with E-state index in [1.165, 1.54) is 25.6 Å². The van der Waals surface area contributed by atoms with Gasteiger partial charge in [-0.25, -0.2) is 0 Å². The minimum absolute atomic E-state index is 0.118. The largest absolute Gasteiger partial charge is 0.497 e. The second kappa shape index (κ2) is 9.76. The molecule has 0 unspecified atom stereocenters. The number of rotatable bonds is 7. The Bertz CT molecular complexity index is 1060. The summed E-state index contributed by atoms with van der Waals surface area (Å²) in [6.45, 7) is 1.94. The first-order chi connectivity index (χ1) is 14.5. The van der Waals surface area contributed by atoms with Gasteiger partial charge in [-0.05, 0) is 48.7 Å². The Morgan fingerprint density at radius 2 is 1.77 bits per heavy atom. The van der Waals surface area contributed by atoms with Gasteiger partial charge in [0.05, 0.1) is 19.9 Å². The molecule has 0 bridgehead atoms. The lowest BCUT2D eigenvalue weighted by Gasteiger charge is -2.14. The smallest absolute Gasteiger partial charge is 0.272 e. The van der Waals surface area contributed by atoms with Crippen molar-refractivity contribution in [3.05, 3.63) is 81.7 Å². The second-order valence-electron chi connectivity index (χ2n) is 6.41. The van der Waals surface area contributed by atoms with E-state index in [2.05, 4.69) is 10.6 Å². The van der Waals surface area contributed by atoms with Crippen LogP contribution in [0.2, 0.25) is 0 Å². The van der Waals surface area contributed by atoms with Crippen LogP contribution in [0.1, 0.15) is 20.8 Å². The molecule has 30 heavy (non-hydrogen) atoms. The Kier molecular flexibility index (Phi) is 6.87. The number of carbonyl (C=O) groups excluding carboxylic acids is 2. The standard InChI is InChI=1S/C23H22N2O4S/c1-15-6-8-16(9-7-15)22(26)25-20(14-18-5-4-12-30-18)23(27)24-19-13-17(28-2)10-11-21(19)29-3/h4-14H,1-3H3,(H,24,27)(H,25,26)/b20-14-. The van der Waals surface area contributed by atoms with Crippen molar-refractivity contribution >= 4 is 34.9 Å². The Balaban J connectivity index is 1.88. The molecule has 1 heterocycles. The minimum Gasteiger partial charge on any atom is -0.497 e. The minimum atomic E-state index is -0.476. The van der Waals surface area contributed by atoms with Crippen molar-refractivity contribution in [1.82, 2.24) is 5.32 Å². The summed E-state index contributed by atoms with van der Waals surface area (Å²) in [6, 6.07) is 15.9. The third-order valence-electron chi connectivity index (χ3n) is 4.29. The highest BCUT2D eigenvalue weighted by Gasteiger charge is 2.17. The lowest BCUT2D eigenvalue weighted by Crippen LogP contribution is -2.30. The first kappa shape index (κ1) is 21.1. The van der Waals surface area contributed by atoms with E-state index < -0.39 is 5.91 Å². The number of carbonyl (C=O) groups is 2. The van der Waals surface area contributed by atoms with Crippen LogP contribution in [0.4, 0.5) is 5.69 Å². The zero-order chi connectivity index (χ0) is 21.5. The topological polar surface area (TPSA) is 76.7 Å². The highest BCUT2D eigenvalue weighted by Crippen LogP contribution is 2.29. The zero-order valence-corrected chi connectivity index (χ0v) is 17.7. The van der Waals surface area contributed by atoms with Gasteiger partial charge in [-0.2, -0.15) is 0 Å². The molecule has 0 atom stereocenters. The van der Waals surface area contributed by atoms with Gasteiger partial charge in [0.1, 0.15) is 17.2 Å². The summed E-state index contributed by atoms with van der Waals surface area (Å²) < 4.78 is 10.5. The predicted molar refractivity (Wildman–Crippen MR) is 119 cm³/mol. The van der Waals surface area contributed by atoms with Gasteiger partial charge in [-0.15, -0.1) is 11.3 Å². The van der Waals surface area contributed by atoms with Crippen LogP contribution in [0, 0.1) is 6.92 Å². The van der Waals surface area contributed by atoms with Gasteiger partial charge in [0.15, 0.2) is 0 Å². The molecule has 2 N–H and O–H groups in total. The molecule has 0 aliphatic carbocycles. The van der Waals surface area contributed by atoms with Crippen molar-refractivity contribution in [3.8, 4) is 11.5 Å². The van der Waals surface area contributed by atoms with Crippen molar-refractivity contribution in [1.29, 1.82) is 0 Å². The van der Waals surface area contributed by atoms with E-state index in [0.717, 1.165) is 10.4 Å². The maximum atomic E-state index is 13.0. The molecule has 3 aromatic rings. The third kappa shape index (κ3) is 5.27. The molecule has 2 aromatic carbocycles. The van der Waals surface area contributed by atoms with Crippen molar-refractivity contribution < 1.29 is 19.1 Å². The molecule has 0 spiro atoms. The summed E-state index contributed by atoms with van der Waals surface area (Å²) in [5.41, 5.74) is 2.06. The fourth-order valence-corrected chi connectivity index (χ4v) is 3.33. The number of thiophene rings is 1. The van der Waals surface area contributed by atoms with Crippen LogP contribution < -0.4 is 20.1 Å². The van der Waals surface area contributed by atoms with Gasteiger partial charge in [0.25, 0.3) is 11.8 Å². The van der Waals surface area contributed by atoms with Gasteiger partial charge in [-0.1, -0.05) is 23.8 Å². The predicted octanol–water partition coefficient (Wildman–Crippen LogP) is 4.48. The molecule has 0 fully saturated rings. The van der Waals surface area contributed by atoms with E-state index in [4.69, 9.17) is 9.47 Å². The molecule has 0 aliphatic heterocycles. The summed E-state index contributed by atoms with van der Waals surface area (Å²) >= 11 is 1.46. The second-order valence-corrected chi connectivity index (χ2v) is 7.39. The molecule has 3 rings (SSSR count). The maximum Gasteiger partial charge on any atom is 0.272 e. The number of hydrogen-bond donors (Lipinski definition) is 2. The summed E-state index contributed by atoms with van der Waals surface area (Å²) in [5.74, 6) is 0.198. The van der Waals surface area contributed by atoms with E-state index in [1.807, 2.05) is 36.6 Å².